The van der Waals surface area contributed by atoms with Crippen molar-refractivity contribution in [3.63, 3.8) is 0 Å². The molecule has 1 heterocycles. The van der Waals surface area contributed by atoms with E-state index in [4.69, 9.17) is 0 Å². The first-order valence-corrected chi connectivity index (χ1v) is 7.02. The summed E-state index contributed by atoms with van der Waals surface area (Å²) >= 11 is 0. The van der Waals surface area contributed by atoms with E-state index in [1.54, 1.807) is 0 Å². The van der Waals surface area contributed by atoms with Crippen LogP contribution in [0.2, 0.25) is 0 Å². The van der Waals surface area contributed by atoms with E-state index in [2.05, 4.69) is 0 Å². The van der Waals surface area contributed by atoms with Gasteiger partial charge in [0.25, 0.3) is 0 Å². The highest BCUT2D eigenvalue weighted by molar-refractivity contribution is 5.32. The maximum Gasteiger partial charge on any atom is 0.416 e. The van der Waals surface area contributed by atoms with Crippen LogP contribution in [0.5, 0.6) is 0 Å². The Morgan fingerprint density at radius 1 is 0.952 bits per heavy atom. The SMILES string of the molecule is ON1C(c2ccccc2C(F)(F)F)N(O)[C@H]2CCCC[C@H]21. The Morgan fingerprint density at radius 2 is 1.48 bits per heavy atom. The Bertz CT molecular complexity index is 505. The molecule has 0 amide bonds. The minimum absolute atomic E-state index is 0.121. The van der Waals surface area contributed by atoms with Crippen LogP contribution in [-0.2, 0) is 6.18 Å². The molecule has 21 heavy (non-hydrogen) atoms. The van der Waals surface area contributed by atoms with Gasteiger partial charge in [0, 0.05) is 5.56 Å². The van der Waals surface area contributed by atoms with Gasteiger partial charge in [0.2, 0.25) is 0 Å². The molecule has 1 unspecified atom stereocenters. The van der Waals surface area contributed by atoms with Crippen molar-refractivity contribution < 1.29 is 23.6 Å². The van der Waals surface area contributed by atoms with Gasteiger partial charge in [-0.3, -0.25) is 0 Å². The summed E-state index contributed by atoms with van der Waals surface area (Å²) in [5.41, 5.74) is -0.948. The van der Waals surface area contributed by atoms with Crippen molar-refractivity contribution in [2.45, 2.75) is 50.1 Å². The fourth-order valence-electron chi connectivity index (χ4n) is 3.46. The first kappa shape index (κ1) is 14.8. The fraction of sp³-hybridized carbons (Fsp3) is 0.571. The van der Waals surface area contributed by atoms with Gasteiger partial charge in [-0.25, -0.2) is 0 Å². The fourth-order valence-corrected chi connectivity index (χ4v) is 3.46. The van der Waals surface area contributed by atoms with Crippen LogP contribution in [0.25, 0.3) is 0 Å². The number of hydrogen-bond acceptors (Lipinski definition) is 4. The van der Waals surface area contributed by atoms with Crippen molar-refractivity contribution in [3.05, 3.63) is 35.4 Å². The van der Waals surface area contributed by atoms with E-state index in [1.807, 2.05) is 0 Å². The summed E-state index contributed by atoms with van der Waals surface area (Å²) in [5.74, 6) is 0. The van der Waals surface area contributed by atoms with E-state index in [0.29, 0.717) is 12.8 Å². The number of hydroxylamine groups is 4. The highest BCUT2D eigenvalue weighted by atomic mass is 19.4. The number of alkyl halides is 3. The summed E-state index contributed by atoms with van der Waals surface area (Å²) in [5, 5.41) is 22.3. The van der Waals surface area contributed by atoms with Crippen molar-refractivity contribution in [2.24, 2.45) is 0 Å². The molecule has 1 aliphatic heterocycles. The van der Waals surface area contributed by atoms with Crippen LogP contribution in [0.3, 0.4) is 0 Å². The van der Waals surface area contributed by atoms with Crippen molar-refractivity contribution in [3.8, 4) is 0 Å². The predicted molar refractivity (Wildman–Crippen MR) is 67.5 cm³/mol. The lowest BCUT2D eigenvalue weighted by Gasteiger charge is -2.27. The first-order chi connectivity index (χ1) is 9.91. The van der Waals surface area contributed by atoms with Gasteiger partial charge in [0.05, 0.1) is 17.6 Å². The van der Waals surface area contributed by atoms with Gasteiger partial charge in [0.1, 0.15) is 6.17 Å². The molecule has 116 valence electrons. The van der Waals surface area contributed by atoms with E-state index in [9.17, 15) is 23.6 Å². The van der Waals surface area contributed by atoms with Gasteiger partial charge in [-0.05, 0) is 18.9 Å². The first-order valence-electron chi connectivity index (χ1n) is 7.02. The van der Waals surface area contributed by atoms with Crippen LogP contribution in [0.4, 0.5) is 13.2 Å². The molecule has 0 radical (unpaired) electrons. The molecule has 0 aromatic heterocycles. The second-order valence-corrected chi connectivity index (χ2v) is 5.64. The third-order valence-corrected chi connectivity index (χ3v) is 4.42. The number of benzene rings is 1. The molecule has 2 aliphatic rings. The Hall–Kier alpha value is -1.15. The van der Waals surface area contributed by atoms with Gasteiger partial charge in [-0.2, -0.15) is 23.3 Å². The quantitative estimate of drug-likeness (QED) is 0.834. The molecular weight excluding hydrogens is 285 g/mol. The molecule has 3 atom stereocenters. The molecule has 0 spiro atoms. The molecule has 0 bridgehead atoms. The maximum absolute atomic E-state index is 13.1. The summed E-state index contributed by atoms with van der Waals surface area (Å²) in [6, 6.07) is 4.41. The molecule has 3 rings (SSSR count). The summed E-state index contributed by atoms with van der Waals surface area (Å²) in [6.07, 6.45) is -2.55. The average Bonchev–Trinajstić information content (AvgIpc) is 2.71. The standard InChI is InChI=1S/C14H17F3N2O2/c15-14(16,17)10-6-2-1-5-9(10)13-18(20)11-7-3-4-8-12(11)19(13)21/h1-2,5-6,11-13,20-21H,3-4,7-8H2/t11-,12+,13?. The number of halogens is 3. The second kappa shape index (κ2) is 5.24. The van der Waals surface area contributed by atoms with Crippen LogP contribution in [0.1, 0.15) is 43.0 Å². The van der Waals surface area contributed by atoms with E-state index in [-0.39, 0.29) is 17.6 Å². The zero-order valence-electron chi connectivity index (χ0n) is 11.3. The summed E-state index contributed by atoms with van der Waals surface area (Å²) < 4.78 is 39.4. The molecule has 7 heteroatoms. The van der Waals surface area contributed by atoms with Crippen LogP contribution >= 0.6 is 0 Å². The zero-order valence-corrected chi connectivity index (χ0v) is 11.3. The van der Waals surface area contributed by atoms with Gasteiger partial charge < -0.3 is 10.4 Å². The largest absolute Gasteiger partial charge is 0.416 e. The number of rotatable bonds is 1. The Labute approximate surface area is 120 Å². The third-order valence-electron chi connectivity index (χ3n) is 4.42. The van der Waals surface area contributed by atoms with E-state index >= 15 is 0 Å². The highest BCUT2D eigenvalue weighted by Gasteiger charge is 2.50. The summed E-state index contributed by atoms with van der Waals surface area (Å²) in [7, 11) is 0. The number of nitrogens with zero attached hydrogens (tertiary/aromatic N) is 2. The lowest BCUT2D eigenvalue weighted by atomic mass is 9.91. The van der Waals surface area contributed by atoms with Crippen LogP contribution < -0.4 is 0 Å². The van der Waals surface area contributed by atoms with Gasteiger partial charge in [0.15, 0.2) is 0 Å². The lowest BCUT2D eigenvalue weighted by Crippen LogP contribution is -2.37. The number of fused-ring (bicyclic) bond motifs is 1. The third kappa shape index (κ3) is 2.44. The minimum atomic E-state index is -4.52. The molecule has 1 aromatic carbocycles. The lowest BCUT2D eigenvalue weighted by molar-refractivity contribution is -0.213. The van der Waals surface area contributed by atoms with E-state index < -0.39 is 17.9 Å². The molecular formula is C14H17F3N2O2. The Morgan fingerprint density at radius 3 is 2.00 bits per heavy atom. The maximum atomic E-state index is 13.1. The van der Waals surface area contributed by atoms with Crippen molar-refractivity contribution >= 4 is 0 Å². The smallest absolute Gasteiger partial charge is 0.312 e. The van der Waals surface area contributed by atoms with Gasteiger partial charge in [-0.15, -0.1) is 0 Å². The topological polar surface area (TPSA) is 46.9 Å². The van der Waals surface area contributed by atoms with E-state index in [0.717, 1.165) is 29.0 Å². The van der Waals surface area contributed by atoms with Crippen LogP contribution in [-0.4, -0.2) is 32.6 Å². The molecule has 1 aliphatic carbocycles. The molecule has 1 saturated carbocycles. The average molecular weight is 302 g/mol. The molecule has 2 N–H and O–H groups in total. The highest BCUT2D eigenvalue weighted by Crippen LogP contribution is 2.44. The van der Waals surface area contributed by atoms with Crippen molar-refractivity contribution in [1.29, 1.82) is 0 Å². The van der Waals surface area contributed by atoms with Gasteiger partial charge in [-0.1, -0.05) is 31.0 Å². The zero-order chi connectivity index (χ0) is 15.2. The number of hydrogen-bond donors (Lipinski definition) is 2. The Kier molecular flexibility index (Phi) is 3.69. The van der Waals surface area contributed by atoms with E-state index in [1.165, 1.54) is 18.2 Å². The Balaban J connectivity index is 2.01. The normalized spacial score (nSPS) is 31.4. The molecule has 1 aromatic rings. The second-order valence-electron chi connectivity index (χ2n) is 5.64. The molecule has 1 saturated heterocycles. The van der Waals surface area contributed by atoms with Gasteiger partial charge >= 0.3 is 6.18 Å². The molecule has 2 fully saturated rings. The monoisotopic (exact) mass is 302 g/mol. The van der Waals surface area contributed by atoms with Crippen LogP contribution in [0, 0.1) is 0 Å². The van der Waals surface area contributed by atoms with Crippen molar-refractivity contribution in [2.75, 3.05) is 0 Å². The molecule has 4 nitrogen and oxygen atoms in total. The summed E-state index contributed by atoms with van der Waals surface area (Å²) in [4.78, 5) is 0. The minimum Gasteiger partial charge on any atom is -0.312 e. The van der Waals surface area contributed by atoms with Crippen molar-refractivity contribution in [1.82, 2.24) is 10.1 Å². The predicted octanol–water partition coefficient (Wildman–Crippen LogP) is 3.41. The summed E-state index contributed by atoms with van der Waals surface area (Å²) in [6.45, 7) is 0. The van der Waals surface area contributed by atoms with Crippen LogP contribution in [0.15, 0.2) is 24.3 Å².